The summed E-state index contributed by atoms with van der Waals surface area (Å²) in [6.07, 6.45) is 1.55. The van der Waals surface area contributed by atoms with Gasteiger partial charge in [0.05, 0.1) is 24.2 Å². The van der Waals surface area contributed by atoms with E-state index in [-0.39, 0.29) is 29.3 Å². The van der Waals surface area contributed by atoms with Crippen LogP contribution in [0.4, 0.5) is 5.69 Å². The van der Waals surface area contributed by atoms with Gasteiger partial charge in [-0.15, -0.1) is 0 Å². The summed E-state index contributed by atoms with van der Waals surface area (Å²) < 4.78 is 39.9. The highest BCUT2D eigenvalue weighted by molar-refractivity contribution is 7.89. The van der Waals surface area contributed by atoms with Crippen LogP contribution >= 0.6 is 11.6 Å². The van der Waals surface area contributed by atoms with Crippen LogP contribution in [-0.4, -0.2) is 31.6 Å². The van der Waals surface area contributed by atoms with Crippen molar-refractivity contribution in [2.24, 2.45) is 0 Å². The Kier molecular flexibility index (Phi) is 9.16. The van der Waals surface area contributed by atoms with E-state index in [4.69, 9.17) is 20.8 Å². The van der Waals surface area contributed by atoms with Crippen LogP contribution in [0.3, 0.4) is 0 Å². The molecule has 1 aliphatic rings. The van der Waals surface area contributed by atoms with Crippen molar-refractivity contribution in [3.63, 3.8) is 0 Å². The molecule has 0 fully saturated rings. The van der Waals surface area contributed by atoms with Crippen LogP contribution in [0.2, 0.25) is 5.02 Å². The van der Waals surface area contributed by atoms with Crippen molar-refractivity contribution in [2.45, 2.75) is 45.7 Å². The number of anilines is 1. The van der Waals surface area contributed by atoms with Crippen LogP contribution in [0.15, 0.2) is 105 Å². The van der Waals surface area contributed by atoms with Crippen LogP contribution in [0, 0.1) is 20.8 Å². The van der Waals surface area contributed by atoms with E-state index in [0.29, 0.717) is 27.9 Å². The second-order valence-corrected chi connectivity index (χ2v) is 13.3. The Bertz CT molecular complexity index is 1940. The zero-order chi connectivity index (χ0) is 32.5. The number of nitrogens with zero attached hydrogens (tertiary/aromatic N) is 2. The van der Waals surface area contributed by atoms with Crippen LogP contribution in [-0.2, 0) is 37.4 Å². The number of allylic oxidation sites excluding steroid dienone is 2. The fourth-order valence-electron chi connectivity index (χ4n) is 5.10. The quantitative estimate of drug-likeness (QED) is 0.109. The van der Waals surface area contributed by atoms with Crippen molar-refractivity contribution in [3.8, 4) is 0 Å². The van der Waals surface area contributed by atoms with E-state index >= 15 is 0 Å². The number of carbonyl (C=O) groups is 2. The molecule has 1 aromatic heterocycles. The predicted octanol–water partition coefficient (Wildman–Crippen LogP) is 7.13. The lowest BCUT2D eigenvalue weighted by Gasteiger charge is -2.22. The fraction of sp³-hybridized carbons (Fsp3) is 0.200. The number of halogens is 1. The number of methoxy groups -OCH3 is 1. The summed E-state index contributed by atoms with van der Waals surface area (Å²) >= 11 is 6.02. The molecule has 0 radical (unpaired) electrons. The highest BCUT2D eigenvalue weighted by Crippen LogP contribution is 2.37. The average Bonchev–Trinajstić information content (AvgIpc) is 3.55. The van der Waals surface area contributed by atoms with Crippen molar-refractivity contribution in [1.82, 2.24) is 4.31 Å². The van der Waals surface area contributed by atoms with E-state index < -0.39 is 21.8 Å². The van der Waals surface area contributed by atoms with E-state index in [1.54, 1.807) is 30.0 Å². The lowest BCUT2D eigenvalue weighted by Crippen LogP contribution is -2.30. The summed E-state index contributed by atoms with van der Waals surface area (Å²) in [5, 5.41) is 0.430. The monoisotopic (exact) mass is 644 g/mol. The molecule has 0 saturated carbocycles. The number of benzene rings is 3. The first-order chi connectivity index (χ1) is 21.4. The molecule has 1 aliphatic heterocycles. The Morgan fingerprint density at radius 1 is 0.911 bits per heavy atom. The summed E-state index contributed by atoms with van der Waals surface area (Å²) in [6.45, 7) is 7.66. The van der Waals surface area contributed by atoms with Gasteiger partial charge in [0.2, 0.25) is 15.8 Å². The summed E-state index contributed by atoms with van der Waals surface area (Å²) in [5.41, 5.74) is 5.27. The Morgan fingerprint density at radius 2 is 1.60 bits per heavy atom. The summed E-state index contributed by atoms with van der Waals surface area (Å²) in [4.78, 5) is 28.0. The standard InChI is InChI=1S/C35H33ClN2O6S/c1-22-6-9-26(10-7-22)20-37(45(41,42)31-16-11-27(36)12-17-31)21-30-15-14-29(44-30)19-32-34(39)33(35(40)43-5)25(4)38(32)28-13-8-23(2)24(3)18-28/h6-19H,20-21H2,1-5H3/b32-19+. The Labute approximate surface area is 268 Å². The molecular weight excluding hydrogens is 612 g/mol. The van der Waals surface area contributed by atoms with E-state index in [2.05, 4.69) is 0 Å². The fourth-order valence-corrected chi connectivity index (χ4v) is 6.62. The highest BCUT2D eigenvalue weighted by atomic mass is 35.5. The number of aryl methyl sites for hydroxylation is 3. The molecule has 4 aromatic rings. The number of hydrogen-bond acceptors (Lipinski definition) is 7. The Hall–Kier alpha value is -4.44. The van der Waals surface area contributed by atoms with E-state index in [1.165, 1.54) is 35.7 Å². The van der Waals surface area contributed by atoms with E-state index in [1.807, 2.05) is 63.2 Å². The van der Waals surface area contributed by atoms with Crippen molar-refractivity contribution in [3.05, 3.63) is 135 Å². The zero-order valence-electron chi connectivity index (χ0n) is 25.6. The van der Waals surface area contributed by atoms with Crippen molar-refractivity contribution >= 4 is 45.1 Å². The zero-order valence-corrected chi connectivity index (χ0v) is 27.2. The SMILES string of the molecule is COC(=O)C1=C(C)N(c2ccc(C)c(C)c2)/C(=C/c2ccc(CN(Cc3ccc(C)cc3)S(=O)(=O)c3ccc(Cl)cc3)o2)C1=O. The number of ketones is 1. The van der Waals surface area contributed by atoms with Gasteiger partial charge in [-0.3, -0.25) is 4.79 Å². The second kappa shape index (κ2) is 12.9. The summed E-state index contributed by atoms with van der Waals surface area (Å²) in [5.74, 6) is -0.538. The van der Waals surface area contributed by atoms with Gasteiger partial charge in [0, 0.05) is 29.0 Å². The van der Waals surface area contributed by atoms with E-state index in [0.717, 1.165) is 22.3 Å². The maximum atomic E-state index is 13.8. The average molecular weight is 645 g/mol. The van der Waals surface area contributed by atoms with Gasteiger partial charge in [-0.25, -0.2) is 13.2 Å². The lowest BCUT2D eigenvalue weighted by molar-refractivity contribution is -0.137. The van der Waals surface area contributed by atoms with Crippen LogP contribution in [0.25, 0.3) is 6.08 Å². The molecule has 2 heterocycles. The number of Topliss-reactive ketones (excluding diaryl/α,β-unsaturated/α-hetero) is 1. The van der Waals surface area contributed by atoms with Crippen molar-refractivity contribution in [1.29, 1.82) is 0 Å². The molecule has 0 bridgehead atoms. The van der Waals surface area contributed by atoms with Gasteiger partial charge in [0.15, 0.2) is 0 Å². The minimum atomic E-state index is -3.95. The van der Waals surface area contributed by atoms with Crippen LogP contribution in [0.5, 0.6) is 0 Å². The number of rotatable bonds is 9. The topological polar surface area (TPSA) is 97.1 Å². The molecule has 0 saturated heterocycles. The van der Waals surface area contributed by atoms with Gasteiger partial charge in [0.25, 0.3) is 0 Å². The van der Waals surface area contributed by atoms with Gasteiger partial charge < -0.3 is 14.1 Å². The predicted molar refractivity (Wildman–Crippen MR) is 174 cm³/mol. The molecular formula is C35H33ClN2O6S. The molecule has 8 nitrogen and oxygen atoms in total. The van der Waals surface area contributed by atoms with Crippen LogP contribution < -0.4 is 4.90 Å². The first kappa shape index (κ1) is 32.0. The highest BCUT2D eigenvalue weighted by Gasteiger charge is 2.38. The molecule has 0 aliphatic carbocycles. The molecule has 10 heteroatoms. The summed E-state index contributed by atoms with van der Waals surface area (Å²) in [7, 11) is -2.71. The minimum absolute atomic E-state index is 0.0629. The molecule has 45 heavy (non-hydrogen) atoms. The number of hydrogen-bond donors (Lipinski definition) is 0. The molecule has 0 unspecified atom stereocenters. The molecule has 0 atom stereocenters. The smallest absolute Gasteiger partial charge is 0.343 e. The third kappa shape index (κ3) is 6.66. The molecule has 0 spiro atoms. The number of ether oxygens (including phenoxy) is 1. The largest absolute Gasteiger partial charge is 0.465 e. The van der Waals surface area contributed by atoms with Crippen molar-refractivity contribution in [2.75, 3.05) is 12.0 Å². The molecule has 232 valence electrons. The Morgan fingerprint density at radius 3 is 2.24 bits per heavy atom. The number of sulfonamides is 1. The first-order valence-electron chi connectivity index (χ1n) is 14.2. The van der Waals surface area contributed by atoms with Crippen LogP contribution in [0.1, 0.15) is 40.7 Å². The van der Waals surface area contributed by atoms with Gasteiger partial charge in [0.1, 0.15) is 17.1 Å². The van der Waals surface area contributed by atoms with Crippen molar-refractivity contribution < 1.29 is 27.2 Å². The van der Waals surface area contributed by atoms with Gasteiger partial charge in [-0.1, -0.05) is 47.5 Å². The number of furan rings is 1. The first-order valence-corrected chi connectivity index (χ1v) is 16.0. The Balaban J connectivity index is 1.50. The third-order valence-electron chi connectivity index (χ3n) is 7.76. The molecule has 0 N–H and O–H groups in total. The molecule has 0 amide bonds. The minimum Gasteiger partial charge on any atom is -0.465 e. The third-order valence-corrected chi connectivity index (χ3v) is 9.82. The summed E-state index contributed by atoms with van der Waals surface area (Å²) in [6, 6.07) is 22.8. The second-order valence-electron chi connectivity index (χ2n) is 10.9. The van der Waals surface area contributed by atoms with E-state index in [9.17, 15) is 18.0 Å². The molecule has 5 rings (SSSR count). The maximum absolute atomic E-state index is 13.8. The molecule has 3 aromatic carbocycles. The lowest BCUT2D eigenvalue weighted by atomic mass is 10.1. The number of esters is 1. The van der Waals surface area contributed by atoms with Gasteiger partial charge in [-0.2, -0.15) is 4.31 Å². The maximum Gasteiger partial charge on any atom is 0.343 e. The van der Waals surface area contributed by atoms with Gasteiger partial charge in [-0.05, 0) is 92.9 Å². The normalized spacial score (nSPS) is 14.6. The van der Waals surface area contributed by atoms with Gasteiger partial charge >= 0.3 is 5.97 Å². The number of carbonyl (C=O) groups excluding carboxylic acids is 2.